The molecule has 0 bridgehead atoms. The topological polar surface area (TPSA) is 88.6 Å². The van der Waals surface area contributed by atoms with Crippen LogP contribution in [0, 0.1) is 5.92 Å². The lowest BCUT2D eigenvalue weighted by Gasteiger charge is -2.35. The van der Waals surface area contributed by atoms with E-state index < -0.39 is 19.7 Å². The Hall–Kier alpha value is -1.25. The zero-order chi connectivity index (χ0) is 19.7. The van der Waals surface area contributed by atoms with Crippen molar-refractivity contribution in [3.05, 3.63) is 23.8 Å². The van der Waals surface area contributed by atoms with Gasteiger partial charge in [-0.05, 0) is 57.4 Å². The van der Waals surface area contributed by atoms with Gasteiger partial charge in [-0.15, -0.1) is 0 Å². The maximum Gasteiger partial charge on any atom is 0.175 e. The molecule has 1 atom stereocenters. The molecule has 0 unspecified atom stereocenters. The second-order valence-electron chi connectivity index (χ2n) is 7.46. The van der Waals surface area contributed by atoms with Gasteiger partial charge >= 0.3 is 0 Å². The third-order valence-corrected chi connectivity index (χ3v) is 7.00. The van der Waals surface area contributed by atoms with E-state index in [1.165, 1.54) is 12.1 Å². The van der Waals surface area contributed by atoms with Crippen LogP contribution in [0.4, 0.5) is 0 Å². The van der Waals surface area contributed by atoms with Gasteiger partial charge < -0.3 is 4.90 Å². The standard InChI is InChI=1S/C18H27NO5S2/c1-13(2)19-7-5-6-14(12-19)8-18(20)15-9-16(25(3,21)22)11-17(10-15)26(4,23)24/h9-11,13-14H,5-8,12H2,1-4H3/t14-/m0/s1. The molecule has 1 aliphatic rings. The Morgan fingerprint density at radius 2 is 1.62 bits per heavy atom. The van der Waals surface area contributed by atoms with E-state index in [1.807, 2.05) is 0 Å². The zero-order valence-electron chi connectivity index (χ0n) is 15.7. The molecule has 0 saturated carbocycles. The summed E-state index contributed by atoms with van der Waals surface area (Å²) in [5.41, 5.74) is 0.148. The highest BCUT2D eigenvalue weighted by molar-refractivity contribution is 7.91. The van der Waals surface area contributed by atoms with E-state index in [4.69, 9.17) is 0 Å². The minimum atomic E-state index is -3.62. The van der Waals surface area contributed by atoms with E-state index in [0.29, 0.717) is 12.5 Å². The van der Waals surface area contributed by atoms with E-state index in [0.717, 1.165) is 44.5 Å². The largest absolute Gasteiger partial charge is 0.301 e. The van der Waals surface area contributed by atoms with Gasteiger partial charge in [0.2, 0.25) is 0 Å². The van der Waals surface area contributed by atoms with Crippen LogP contribution in [0.15, 0.2) is 28.0 Å². The van der Waals surface area contributed by atoms with Crippen LogP contribution in [0.25, 0.3) is 0 Å². The van der Waals surface area contributed by atoms with Gasteiger partial charge in [0.25, 0.3) is 0 Å². The van der Waals surface area contributed by atoms with Crippen molar-refractivity contribution in [1.29, 1.82) is 0 Å². The molecule has 0 spiro atoms. The van der Waals surface area contributed by atoms with Crippen LogP contribution < -0.4 is 0 Å². The molecule has 1 aromatic rings. The normalized spacial score (nSPS) is 19.7. The number of nitrogens with zero attached hydrogens (tertiary/aromatic N) is 1. The van der Waals surface area contributed by atoms with Crippen molar-refractivity contribution in [3.8, 4) is 0 Å². The number of hydrogen-bond donors (Lipinski definition) is 0. The van der Waals surface area contributed by atoms with Gasteiger partial charge in [0.15, 0.2) is 25.5 Å². The average molecular weight is 402 g/mol. The first-order chi connectivity index (χ1) is 11.9. The van der Waals surface area contributed by atoms with Gasteiger partial charge in [-0.3, -0.25) is 4.79 Å². The van der Waals surface area contributed by atoms with E-state index in [-0.39, 0.29) is 27.1 Å². The van der Waals surface area contributed by atoms with Gasteiger partial charge in [-0.25, -0.2) is 16.8 Å². The van der Waals surface area contributed by atoms with Crippen molar-refractivity contribution in [3.63, 3.8) is 0 Å². The van der Waals surface area contributed by atoms with Crippen LogP contribution in [-0.4, -0.2) is 59.2 Å². The highest BCUT2D eigenvalue weighted by Crippen LogP contribution is 2.25. The molecule has 8 heteroatoms. The molecule has 1 fully saturated rings. The van der Waals surface area contributed by atoms with Gasteiger partial charge in [-0.1, -0.05) is 0 Å². The van der Waals surface area contributed by atoms with E-state index in [9.17, 15) is 21.6 Å². The smallest absolute Gasteiger partial charge is 0.175 e. The van der Waals surface area contributed by atoms with Gasteiger partial charge in [0.05, 0.1) is 9.79 Å². The van der Waals surface area contributed by atoms with Gasteiger partial charge in [-0.2, -0.15) is 0 Å². The molecule has 0 amide bonds. The summed E-state index contributed by atoms with van der Waals surface area (Å²) in [6.45, 7) is 6.09. The fourth-order valence-corrected chi connectivity index (χ4v) is 4.71. The number of ketones is 1. The Balaban J connectivity index is 2.31. The Labute approximate surface area is 156 Å². The fraction of sp³-hybridized carbons (Fsp3) is 0.611. The number of hydrogen-bond acceptors (Lipinski definition) is 6. The summed E-state index contributed by atoms with van der Waals surface area (Å²) in [5, 5.41) is 0. The molecule has 26 heavy (non-hydrogen) atoms. The van der Waals surface area contributed by atoms with E-state index in [2.05, 4.69) is 18.7 Å². The third kappa shape index (κ3) is 5.37. The van der Waals surface area contributed by atoms with Crippen LogP contribution in [0.2, 0.25) is 0 Å². The van der Waals surface area contributed by atoms with Crippen molar-refractivity contribution in [2.45, 2.75) is 48.9 Å². The summed E-state index contributed by atoms with van der Waals surface area (Å²) in [4.78, 5) is 14.8. The van der Waals surface area contributed by atoms with E-state index in [1.54, 1.807) is 0 Å². The predicted molar refractivity (Wildman–Crippen MR) is 101 cm³/mol. The molecule has 2 rings (SSSR count). The quantitative estimate of drug-likeness (QED) is 0.679. The number of carbonyl (C=O) groups is 1. The minimum absolute atomic E-state index is 0.142. The zero-order valence-corrected chi connectivity index (χ0v) is 17.4. The molecular formula is C18H27NO5S2. The number of rotatable bonds is 6. The first kappa shape index (κ1) is 21.1. The van der Waals surface area contributed by atoms with Crippen molar-refractivity contribution in [2.75, 3.05) is 25.6 Å². The number of benzene rings is 1. The Kier molecular flexibility index (Phi) is 6.30. The van der Waals surface area contributed by atoms with Crippen molar-refractivity contribution in [1.82, 2.24) is 4.90 Å². The predicted octanol–water partition coefficient (Wildman–Crippen LogP) is 2.19. The molecular weight excluding hydrogens is 374 g/mol. The van der Waals surface area contributed by atoms with Gasteiger partial charge in [0.1, 0.15) is 0 Å². The summed E-state index contributed by atoms with van der Waals surface area (Å²) in [6.07, 6.45) is 4.27. The van der Waals surface area contributed by atoms with Crippen LogP contribution in [-0.2, 0) is 19.7 Å². The highest BCUT2D eigenvalue weighted by atomic mass is 32.2. The summed E-state index contributed by atoms with van der Waals surface area (Å²) < 4.78 is 47.5. The monoisotopic (exact) mass is 401 g/mol. The fourth-order valence-electron chi connectivity index (χ4n) is 3.27. The Morgan fingerprint density at radius 1 is 1.08 bits per heavy atom. The lowest BCUT2D eigenvalue weighted by atomic mass is 9.90. The third-order valence-electron chi connectivity index (χ3n) is 4.81. The Morgan fingerprint density at radius 3 is 2.08 bits per heavy atom. The average Bonchev–Trinajstić information content (AvgIpc) is 2.53. The number of Topliss-reactive ketones (excluding diaryl/α,β-unsaturated/α-hetero) is 1. The summed E-state index contributed by atoms with van der Waals surface area (Å²) in [6, 6.07) is 4.10. The molecule has 146 valence electrons. The SMILES string of the molecule is CC(C)N1CCC[C@@H](CC(=O)c2cc(S(C)(=O)=O)cc(S(C)(=O)=O)c2)C1. The Bertz CT molecular complexity index is 838. The van der Waals surface area contributed by atoms with Crippen LogP contribution >= 0.6 is 0 Å². The molecule has 0 radical (unpaired) electrons. The van der Waals surface area contributed by atoms with Crippen molar-refractivity contribution < 1.29 is 21.6 Å². The molecule has 0 aliphatic carbocycles. The summed E-state index contributed by atoms with van der Waals surface area (Å²) in [7, 11) is -7.24. The molecule has 1 heterocycles. The first-order valence-corrected chi connectivity index (χ1v) is 12.5. The highest BCUT2D eigenvalue weighted by Gasteiger charge is 2.25. The number of likely N-dealkylation sites (tertiary alicyclic amines) is 1. The number of carbonyl (C=O) groups excluding carboxylic acids is 1. The molecule has 6 nitrogen and oxygen atoms in total. The molecule has 0 N–H and O–H groups in total. The number of piperidine rings is 1. The van der Waals surface area contributed by atoms with E-state index >= 15 is 0 Å². The minimum Gasteiger partial charge on any atom is -0.301 e. The van der Waals surface area contributed by atoms with Gasteiger partial charge in [0, 0.05) is 37.1 Å². The van der Waals surface area contributed by atoms with Crippen molar-refractivity contribution in [2.24, 2.45) is 5.92 Å². The summed E-state index contributed by atoms with van der Waals surface area (Å²) >= 11 is 0. The number of sulfone groups is 2. The first-order valence-electron chi connectivity index (χ1n) is 8.70. The van der Waals surface area contributed by atoms with Crippen LogP contribution in [0.1, 0.15) is 43.5 Å². The maximum absolute atomic E-state index is 12.7. The second kappa shape index (κ2) is 7.78. The lowest BCUT2D eigenvalue weighted by molar-refractivity contribution is 0.0889. The molecule has 1 aromatic carbocycles. The molecule has 1 aliphatic heterocycles. The molecule has 0 aromatic heterocycles. The van der Waals surface area contributed by atoms with Crippen LogP contribution in [0.3, 0.4) is 0 Å². The van der Waals surface area contributed by atoms with Crippen LogP contribution in [0.5, 0.6) is 0 Å². The molecule has 1 saturated heterocycles. The maximum atomic E-state index is 12.7. The summed E-state index contributed by atoms with van der Waals surface area (Å²) in [5.74, 6) is -0.0155. The lowest BCUT2D eigenvalue weighted by Crippen LogP contribution is -2.40. The second-order valence-corrected chi connectivity index (χ2v) is 11.5. The van der Waals surface area contributed by atoms with Crippen molar-refractivity contribution >= 4 is 25.5 Å².